The van der Waals surface area contributed by atoms with Gasteiger partial charge >= 0.3 is 5.97 Å². The molecule has 0 saturated heterocycles. The van der Waals surface area contributed by atoms with Gasteiger partial charge in [-0.05, 0) is 80.4 Å². The monoisotopic (exact) mass is 657 g/mol. The minimum atomic E-state index is -0.720. The molecule has 4 aromatic rings. The SMILES string of the molecule is CCOC(=O)C1=C(C)N=c2s/c(=C\c3cc(Br)ccc3OCc3ccc(C#N)cc3)c(=O)n2[C@@H]1c1ccc(OCC)cc1. The second-order valence-electron chi connectivity index (χ2n) is 9.58. The Bertz CT molecular complexity index is 1920. The number of allylic oxidation sites excluding steroid dienone is 1. The minimum absolute atomic E-state index is 0.199. The van der Waals surface area contributed by atoms with Crippen molar-refractivity contribution in [2.45, 2.75) is 33.4 Å². The minimum Gasteiger partial charge on any atom is -0.494 e. The highest BCUT2D eigenvalue weighted by Crippen LogP contribution is 2.32. The number of aromatic nitrogens is 1. The maximum atomic E-state index is 14.0. The van der Waals surface area contributed by atoms with Crippen molar-refractivity contribution in [2.24, 2.45) is 4.99 Å². The predicted molar refractivity (Wildman–Crippen MR) is 168 cm³/mol. The molecule has 8 nitrogen and oxygen atoms in total. The molecule has 1 aromatic heterocycles. The molecule has 0 N–H and O–H groups in total. The van der Waals surface area contributed by atoms with Crippen LogP contribution in [0, 0.1) is 11.3 Å². The van der Waals surface area contributed by atoms with E-state index in [4.69, 9.17) is 19.5 Å². The van der Waals surface area contributed by atoms with Crippen LogP contribution in [-0.4, -0.2) is 23.8 Å². The Morgan fingerprint density at radius 3 is 2.49 bits per heavy atom. The highest BCUT2D eigenvalue weighted by molar-refractivity contribution is 9.10. The first-order chi connectivity index (χ1) is 20.8. The van der Waals surface area contributed by atoms with E-state index in [0.29, 0.717) is 49.8 Å². The molecule has 1 atom stereocenters. The van der Waals surface area contributed by atoms with Gasteiger partial charge in [0.1, 0.15) is 18.1 Å². The van der Waals surface area contributed by atoms with Crippen LogP contribution in [0.25, 0.3) is 6.08 Å². The van der Waals surface area contributed by atoms with Gasteiger partial charge in [-0.15, -0.1) is 0 Å². The van der Waals surface area contributed by atoms with Crippen LogP contribution in [0.4, 0.5) is 0 Å². The maximum Gasteiger partial charge on any atom is 0.338 e. The molecule has 43 heavy (non-hydrogen) atoms. The van der Waals surface area contributed by atoms with Crippen molar-refractivity contribution < 1.29 is 19.0 Å². The molecular weight excluding hydrogens is 630 g/mol. The van der Waals surface area contributed by atoms with E-state index in [-0.39, 0.29) is 18.8 Å². The van der Waals surface area contributed by atoms with Crippen molar-refractivity contribution in [1.82, 2.24) is 4.57 Å². The van der Waals surface area contributed by atoms with Crippen LogP contribution in [0.1, 0.15) is 49.1 Å². The molecule has 0 spiro atoms. The van der Waals surface area contributed by atoms with E-state index in [9.17, 15) is 9.59 Å². The number of carbonyl (C=O) groups excluding carboxylic acids is 1. The number of thiazole rings is 1. The van der Waals surface area contributed by atoms with Gasteiger partial charge in [0.25, 0.3) is 5.56 Å². The molecule has 1 aliphatic rings. The lowest BCUT2D eigenvalue weighted by Crippen LogP contribution is -2.39. The third kappa shape index (κ3) is 6.48. The zero-order valence-corrected chi connectivity index (χ0v) is 26.2. The average Bonchev–Trinajstić information content (AvgIpc) is 3.30. The van der Waals surface area contributed by atoms with Crippen LogP contribution < -0.4 is 24.4 Å². The summed E-state index contributed by atoms with van der Waals surface area (Å²) < 4.78 is 19.9. The van der Waals surface area contributed by atoms with Crippen molar-refractivity contribution in [1.29, 1.82) is 5.26 Å². The van der Waals surface area contributed by atoms with Gasteiger partial charge < -0.3 is 14.2 Å². The summed E-state index contributed by atoms with van der Waals surface area (Å²) >= 11 is 4.77. The number of ether oxygens (including phenoxy) is 3. The highest BCUT2D eigenvalue weighted by Gasteiger charge is 2.33. The van der Waals surface area contributed by atoms with Crippen molar-refractivity contribution >= 4 is 39.3 Å². The molecule has 0 radical (unpaired) electrons. The van der Waals surface area contributed by atoms with E-state index in [1.807, 2.05) is 61.5 Å². The van der Waals surface area contributed by atoms with Crippen molar-refractivity contribution in [3.8, 4) is 17.6 Å². The fourth-order valence-corrected chi connectivity index (χ4v) is 6.18. The molecular formula is C33H28BrN3O5S. The van der Waals surface area contributed by atoms with E-state index < -0.39 is 12.0 Å². The molecule has 3 aromatic carbocycles. The number of esters is 1. The summed E-state index contributed by atoms with van der Waals surface area (Å²) in [4.78, 5) is 32.3. The maximum absolute atomic E-state index is 14.0. The van der Waals surface area contributed by atoms with E-state index in [1.165, 1.54) is 11.3 Å². The highest BCUT2D eigenvalue weighted by atomic mass is 79.9. The first kappa shape index (κ1) is 30.0. The van der Waals surface area contributed by atoms with Crippen LogP contribution in [-0.2, 0) is 16.1 Å². The smallest absolute Gasteiger partial charge is 0.338 e. The van der Waals surface area contributed by atoms with Crippen molar-refractivity contribution in [2.75, 3.05) is 13.2 Å². The number of rotatable bonds is 9. The number of carbonyl (C=O) groups is 1. The van der Waals surface area contributed by atoms with Crippen LogP contribution in [0.15, 0.2) is 92.3 Å². The second kappa shape index (κ2) is 13.2. The fraction of sp³-hybridized carbons (Fsp3) is 0.212. The molecule has 0 bridgehead atoms. The zero-order chi connectivity index (χ0) is 30.5. The Balaban J connectivity index is 1.59. The van der Waals surface area contributed by atoms with Crippen LogP contribution >= 0.6 is 27.3 Å². The van der Waals surface area contributed by atoms with Gasteiger partial charge in [-0.2, -0.15) is 5.26 Å². The van der Waals surface area contributed by atoms with Crippen LogP contribution in [0.3, 0.4) is 0 Å². The quantitative estimate of drug-likeness (QED) is 0.223. The lowest BCUT2D eigenvalue weighted by molar-refractivity contribution is -0.139. The summed E-state index contributed by atoms with van der Waals surface area (Å²) in [5.41, 5.74) is 3.46. The van der Waals surface area contributed by atoms with E-state index >= 15 is 0 Å². The fourth-order valence-electron chi connectivity index (χ4n) is 4.76. The zero-order valence-electron chi connectivity index (χ0n) is 23.8. The van der Waals surface area contributed by atoms with Crippen LogP contribution in [0.2, 0.25) is 0 Å². The number of hydrogen-bond donors (Lipinski definition) is 0. The topological polar surface area (TPSA) is 103 Å². The van der Waals surface area contributed by atoms with Gasteiger partial charge in [0.15, 0.2) is 4.80 Å². The van der Waals surface area contributed by atoms with E-state index in [0.717, 1.165) is 15.6 Å². The van der Waals surface area contributed by atoms with E-state index in [2.05, 4.69) is 27.0 Å². The number of halogens is 1. The summed E-state index contributed by atoms with van der Waals surface area (Å²) in [5, 5.41) is 9.06. The number of fused-ring (bicyclic) bond motifs is 1. The molecule has 2 heterocycles. The lowest BCUT2D eigenvalue weighted by Gasteiger charge is -2.24. The third-order valence-corrected chi connectivity index (χ3v) is 8.24. The third-order valence-electron chi connectivity index (χ3n) is 6.76. The molecule has 0 fully saturated rings. The molecule has 0 amide bonds. The summed E-state index contributed by atoms with van der Waals surface area (Å²) in [7, 11) is 0. The number of nitrogens with zero attached hydrogens (tertiary/aromatic N) is 3. The first-order valence-electron chi connectivity index (χ1n) is 13.7. The molecule has 0 aliphatic carbocycles. The van der Waals surface area contributed by atoms with Gasteiger partial charge in [0.2, 0.25) is 0 Å². The summed E-state index contributed by atoms with van der Waals surface area (Å²) in [6.07, 6.45) is 1.78. The Morgan fingerprint density at radius 2 is 1.81 bits per heavy atom. The van der Waals surface area contributed by atoms with Gasteiger partial charge in [-0.25, -0.2) is 9.79 Å². The molecule has 0 unspecified atom stereocenters. The largest absolute Gasteiger partial charge is 0.494 e. The standard InChI is InChI=1S/C33H28BrN3O5S/c1-4-40-26-13-10-23(11-14-26)30-29(32(39)41-5-2)20(3)36-33-37(30)31(38)28(43-33)17-24-16-25(34)12-15-27(24)42-19-22-8-6-21(18-35)7-9-22/h6-17,30H,4-5,19H2,1-3H3/b28-17-/t30-/m1/s1. The molecule has 0 saturated carbocycles. The second-order valence-corrected chi connectivity index (χ2v) is 11.5. The molecule has 1 aliphatic heterocycles. The summed E-state index contributed by atoms with van der Waals surface area (Å²) in [6, 6.07) is 21.5. The average molecular weight is 659 g/mol. The van der Waals surface area contributed by atoms with Crippen molar-refractivity contribution in [3.05, 3.63) is 124 Å². The number of benzene rings is 3. The Hall–Kier alpha value is -4.46. The Kier molecular flexibility index (Phi) is 9.24. The molecule has 10 heteroatoms. The summed E-state index contributed by atoms with van der Waals surface area (Å²) in [5.74, 6) is 0.771. The normalized spacial score (nSPS) is 14.5. The molecule has 5 rings (SSSR count). The van der Waals surface area contributed by atoms with Gasteiger partial charge in [0.05, 0.1) is 46.7 Å². The lowest BCUT2D eigenvalue weighted by atomic mass is 9.96. The molecule has 218 valence electrons. The Labute approximate surface area is 260 Å². The van der Waals surface area contributed by atoms with Gasteiger partial charge in [-0.3, -0.25) is 9.36 Å². The van der Waals surface area contributed by atoms with Crippen LogP contribution in [0.5, 0.6) is 11.5 Å². The van der Waals surface area contributed by atoms with Gasteiger partial charge in [0, 0.05) is 10.0 Å². The van der Waals surface area contributed by atoms with Crippen molar-refractivity contribution in [3.63, 3.8) is 0 Å². The van der Waals surface area contributed by atoms with Gasteiger partial charge in [-0.1, -0.05) is 51.5 Å². The first-order valence-corrected chi connectivity index (χ1v) is 15.3. The summed E-state index contributed by atoms with van der Waals surface area (Å²) in [6.45, 7) is 6.42. The number of nitriles is 1. The predicted octanol–water partition coefficient (Wildman–Crippen LogP) is 5.41. The Morgan fingerprint density at radius 1 is 1.07 bits per heavy atom. The number of hydrogen-bond acceptors (Lipinski definition) is 8. The van der Waals surface area contributed by atoms with E-state index in [1.54, 1.807) is 36.6 Å².